The van der Waals surface area contributed by atoms with E-state index in [4.69, 9.17) is 11.5 Å². The Balaban J connectivity index is 3.24. The average Bonchev–Trinajstić information content (AvgIpc) is 2.38. The summed E-state index contributed by atoms with van der Waals surface area (Å²) in [7, 11) is 1.26. The smallest absolute Gasteiger partial charge is 0.338 e. The topological polar surface area (TPSA) is 119 Å². The van der Waals surface area contributed by atoms with Gasteiger partial charge >= 0.3 is 5.97 Å². The standard InChI is InChI=1S/C12H18N2O4/c1-6-8(12(17)18-2)3-7(4-9(6)14)11(16)10(15)5-13/h3-4,10-11,15-16H,5,13-14H2,1-2H3. The number of anilines is 1. The molecule has 0 aliphatic carbocycles. The Morgan fingerprint density at radius 2 is 2.06 bits per heavy atom. The number of hydrogen-bond donors (Lipinski definition) is 4. The van der Waals surface area contributed by atoms with E-state index in [0.29, 0.717) is 16.8 Å². The molecule has 0 aromatic heterocycles. The molecule has 2 unspecified atom stereocenters. The molecule has 1 aromatic rings. The molecular formula is C12H18N2O4. The minimum atomic E-state index is -1.19. The van der Waals surface area contributed by atoms with Crippen molar-refractivity contribution in [3.63, 3.8) is 0 Å². The fraction of sp³-hybridized carbons (Fsp3) is 0.417. The Morgan fingerprint density at radius 3 is 2.56 bits per heavy atom. The van der Waals surface area contributed by atoms with Gasteiger partial charge in [0.2, 0.25) is 0 Å². The van der Waals surface area contributed by atoms with Crippen LogP contribution in [0.4, 0.5) is 5.69 Å². The van der Waals surface area contributed by atoms with Crippen molar-refractivity contribution in [2.75, 3.05) is 19.4 Å². The van der Waals surface area contributed by atoms with Crippen LogP contribution in [-0.4, -0.2) is 35.9 Å². The molecule has 6 heteroatoms. The number of hydrogen-bond acceptors (Lipinski definition) is 6. The molecule has 0 saturated carbocycles. The van der Waals surface area contributed by atoms with E-state index in [9.17, 15) is 15.0 Å². The molecule has 0 spiro atoms. The Morgan fingerprint density at radius 1 is 1.44 bits per heavy atom. The van der Waals surface area contributed by atoms with Crippen LogP contribution in [0.2, 0.25) is 0 Å². The first-order valence-electron chi connectivity index (χ1n) is 5.46. The van der Waals surface area contributed by atoms with Crippen LogP contribution in [0.15, 0.2) is 12.1 Å². The van der Waals surface area contributed by atoms with Gasteiger partial charge in [-0.2, -0.15) is 0 Å². The summed E-state index contributed by atoms with van der Waals surface area (Å²) in [6.07, 6.45) is -2.31. The molecule has 0 bridgehead atoms. The van der Waals surface area contributed by atoms with Gasteiger partial charge in [-0.05, 0) is 30.2 Å². The second-order valence-corrected chi connectivity index (χ2v) is 4.02. The monoisotopic (exact) mass is 254 g/mol. The van der Waals surface area contributed by atoms with Crippen molar-refractivity contribution in [2.24, 2.45) is 5.73 Å². The first kappa shape index (κ1) is 14.4. The Labute approximate surface area is 105 Å². The van der Waals surface area contributed by atoms with Gasteiger partial charge in [0, 0.05) is 12.2 Å². The van der Waals surface area contributed by atoms with Crippen LogP contribution in [0.25, 0.3) is 0 Å². The lowest BCUT2D eigenvalue weighted by Crippen LogP contribution is -2.27. The number of benzene rings is 1. The van der Waals surface area contributed by atoms with Crippen molar-refractivity contribution < 1.29 is 19.7 Å². The SMILES string of the molecule is COC(=O)c1cc(C(O)C(O)CN)cc(N)c1C. The van der Waals surface area contributed by atoms with Gasteiger partial charge in [0.05, 0.1) is 18.8 Å². The predicted molar refractivity (Wildman–Crippen MR) is 67.0 cm³/mol. The summed E-state index contributed by atoms with van der Waals surface area (Å²) in [6, 6.07) is 2.95. The zero-order valence-corrected chi connectivity index (χ0v) is 10.4. The van der Waals surface area contributed by atoms with Crippen LogP contribution in [-0.2, 0) is 4.74 Å². The molecule has 6 N–H and O–H groups in total. The lowest BCUT2D eigenvalue weighted by atomic mass is 9.97. The summed E-state index contributed by atoms with van der Waals surface area (Å²) in [5.41, 5.74) is 12.5. The normalized spacial score (nSPS) is 14.1. The lowest BCUT2D eigenvalue weighted by Gasteiger charge is -2.18. The summed E-state index contributed by atoms with van der Waals surface area (Å²) in [5.74, 6) is -0.546. The summed E-state index contributed by atoms with van der Waals surface area (Å²) in [6.45, 7) is 1.58. The second-order valence-electron chi connectivity index (χ2n) is 4.02. The molecule has 6 nitrogen and oxygen atoms in total. The molecule has 18 heavy (non-hydrogen) atoms. The van der Waals surface area contributed by atoms with E-state index in [2.05, 4.69) is 4.74 Å². The fourth-order valence-corrected chi connectivity index (χ4v) is 1.60. The van der Waals surface area contributed by atoms with Gasteiger partial charge in [0.15, 0.2) is 0 Å². The molecule has 0 aliphatic rings. The van der Waals surface area contributed by atoms with Crippen molar-refractivity contribution in [1.29, 1.82) is 0 Å². The number of aliphatic hydroxyl groups excluding tert-OH is 2. The molecule has 1 aromatic carbocycles. The third-order valence-electron chi connectivity index (χ3n) is 2.82. The van der Waals surface area contributed by atoms with Crippen molar-refractivity contribution >= 4 is 11.7 Å². The zero-order valence-electron chi connectivity index (χ0n) is 10.4. The summed E-state index contributed by atoms with van der Waals surface area (Å²) < 4.78 is 4.63. The van der Waals surface area contributed by atoms with Gasteiger partial charge < -0.3 is 26.4 Å². The number of nitrogens with two attached hydrogens (primary N) is 2. The van der Waals surface area contributed by atoms with Gasteiger partial charge in [-0.15, -0.1) is 0 Å². The number of nitrogen functional groups attached to an aromatic ring is 1. The highest BCUT2D eigenvalue weighted by Gasteiger charge is 2.21. The second kappa shape index (κ2) is 5.81. The zero-order chi connectivity index (χ0) is 13.9. The molecule has 0 saturated heterocycles. The highest BCUT2D eigenvalue weighted by molar-refractivity contribution is 5.92. The van der Waals surface area contributed by atoms with Crippen LogP contribution >= 0.6 is 0 Å². The van der Waals surface area contributed by atoms with Crippen molar-refractivity contribution in [2.45, 2.75) is 19.1 Å². The average molecular weight is 254 g/mol. The molecule has 0 amide bonds. The highest BCUT2D eigenvalue weighted by Crippen LogP contribution is 2.25. The number of carbonyl (C=O) groups excluding carboxylic acids is 1. The van der Waals surface area contributed by atoms with Crippen LogP contribution in [0.1, 0.15) is 27.6 Å². The number of esters is 1. The first-order chi connectivity index (χ1) is 8.42. The van der Waals surface area contributed by atoms with E-state index < -0.39 is 18.2 Å². The van der Waals surface area contributed by atoms with Crippen LogP contribution in [0.3, 0.4) is 0 Å². The van der Waals surface area contributed by atoms with Crippen LogP contribution in [0.5, 0.6) is 0 Å². The number of ether oxygens (including phenoxy) is 1. The Kier molecular flexibility index (Phi) is 4.66. The Hall–Kier alpha value is -1.63. The van der Waals surface area contributed by atoms with Crippen LogP contribution in [0, 0.1) is 6.92 Å². The van der Waals surface area contributed by atoms with Gasteiger partial charge in [0.25, 0.3) is 0 Å². The third-order valence-corrected chi connectivity index (χ3v) is 2.82. The molecule has 2 atom stereocenters. The first-order valence-corrected chi connectivity index (χ1v) is 5.46. The van der Waals surface area contributed by atoms with E-state index in [1.807, 2.05) is 0 Å². The van der Waals surface area contributed by atoms with Crippen molar-refractivity contribution in [3.8, 4) is 0 Å². The highest BCUT2D eigenvalue weighted by atomic mass is 16.5. The van der Waals surface area contributed by atoms with E-state index in [1.54, 1.807) is 6.92 Å². The van der Waals surface area contributed by atoms with E-state index in [1.165, 1.54) is 19.2 Å². The molecule has 0 radical (unpaired) electrons. The number of methoxy groups -OCH3 is 1. The largest absolute Gasteiger partial charge is 0.465 e. The summed E-state index contributed by atoms with van der Waals surface area (Å²) >= 11 is 0. The van der Waals surface area contributed by atoms with Crippen molar-refractivity contribution in [3.05, 3.63) is 28.8 Å². The van der Waals surface area contributed by atoms with Crippen molar-refractivity contribution in [1.82, 2.24) is 0 Å². The maximum absolute atomic E-state index is 11.6. The quantitative estimate of drug-likeness (QED) is 0.433. The van der Waals surface area contributed by atoms with E-state index in [-0.39, 0.29) is 12.1 Å². The lowest BCUT2D eigenvalue weighted by molar-refractivity contribution is 0.0242. The maximum atomic E-state index is 11.6. The minimum absolute atomic E-state index is 0.0947. The molecule has 1 rings (SSSR count). The number of rotatable bonds is 4. The van der Waals surface area contributed by atoms with Gasteiger partial charge in [0.1, 0.15) is 6.10 Å². The van der Waals surface area contributed by atoms with Crippen LogP contribution < -0.4 is 11.5 Å². The Bertz CT molecular complexity index is 448. The molecular weight excluding hydrogens is 236 g/mol. The van der Waals surface area contributed by atoms with E-state index >= 15 is 0 Å². The number of carbonyl (C=O) groups is 1. The third kappa shape index (κ3) is 2.79. The summed E-state index contributed by atoms with van der Waals surface area (Å²) in [4.78, 5) is 11.6. The predicted octanol–water partition coefficient (Wildman–Crippen LogP) is -0.283. The molecule has 0 aliphatic heterocycles. The van der Waals surface area contributed by atoms with Gasteiger partial charge in [-0.25, -0.2) is 4.79 Å². The van der Waals surface area contributed by atoms with E-state index in [0.717, 1.165) is 0 Å². The van der Waals surface area contributed by atoms with Gasteiger partial charge in [-0.1, -0.05) is 0 Å². The molecule has 0 fully saturated rings. The maximum Gasteiger partial charge on any atom is 0.338 e. The summed E-state index contributed by atoms with van der Waals surface area (Å²) in [5, 5.41) is 19.3. The minimum Gasteiger partial charge on any atom is -0.465 e. The number of aliphatic hydroxyl groups is 2. The fourth-order valence-electron chi connectivity index (χ4n) is 1.60. The molecule has 100 valence electrons. The van der Waals surface area contributed by atoms with Gasteiger partial charge in [-0.3, -0.25) is 0 Å². The molecule has 0 heterocycles.